The zero-order valence-electron chi connectivity index (χ0n) is 16.9. The summed E-state index contributed by atoms with van der Waals surface area (Å²) in [7, 11) is 2.06. The van der Waals surface area contributed by atoms with Crippen LogP contribution in [0.25, 0.3) is 10.9 Å². The van der Waals surface area contributed by atoms with Crippen molar-refractivity contribution >= 4 is 16.8 Å². The minimum absolute atomic E-state index is 0.0115. The van der Waals surface area contributed by atoms with Crippen LogP contribution in [0.3, 0.4) is 0 Å². The van der Waals surface area contributed by atoms with Gasteiger partial charge >= 0.3 is 0 Å². The van der Waals surface area contributed by atoms with E-state index in [2.05, 4.69) is 78.6 Å². The van der Waals surface area contributed by atoms with Crippen molar-refractivity contribution in [3.63, 3.8) is 0 Å². The number of nitrogens with zero attached hydrogens (tertiary/aromatic N) is 1. The molecule has 0 fully saturated rings. The molecule has 3 aromatic carbocycles. The lowest BCUT2D eigenvalue weighted by Crippen LogP contribution is -2.25. The van der Waals surface area contributed by atoms with Crippen LogP contribution < -0.4 is 5.32 Å². The van der Waals surface area contributed by atoms with E-state index >= 15 is 0 Å². The van der Waals surface area contributed by atoms with Gasteiger partial charge in [-0.05, 0) is 29.7 Å². The molecule has 4 aromatic rings. The second-order valence-corrected chi connectivity index (χ2v) is 7.64. The van der Waals surface area contributed by atoms with Crippen molar-refractivity contribution in [3.8, 4) is 0 Å². The maximum absolute atomic E-state index is 12.9. The summed E-state index contributed by atoms with van der Waals surface area (Å²) in [5.74, 6) is 0.0739. The van der Waals surface area contributed by atoms with Gasteiger partial charge in [0.05, 0.1) is 0 Å². The molecule has 0 aliphatic carbocycles. The zero-order chi connectivity index (χ0) is 20.2. The summed E-state index contributed by atoms with van der Waals surface area (Å²) in [6, 6.07) is 27.0. The highest BCUT2D eigenvalue weighted by molar-refractivity contribution is 5.86. The molecule has 29 heavy (non-hydrogen) atoms. The van der Waals surface area contributed by atoms with E-state index in [1.165, 1.54) is 27.6 Å². The largest absolute Gasteiger partial charge is 0.352 e. The summed E-state index contributed by atoms with van der Waals surface area (Å²) in [5.41, 5.74) is 5.88. The summed E-state index contributed by atoms with van der Waals surface area (Å²) < 4.78 is 2.15. The minimum Gasteiger partial charge on any atom is -0.352 e. The molecule has 146 valence electrons. The number of carbonyl (C=O) groups excluding carboxylic acids is 1. The quantitative estimate of drug-likeness (QED) is 0.481. The van der Waals surface area contributed by atoms with Crippen LogP contribution in [-0.2, 0) is 18.4 Å². The van der Waals surface area contributed by atoms with Gasteiger partial charge < -0.3 is 9.88 Å². The Hall–Kier alpha value is -3.33. The van der Waals surface area contributed by atoms with Gasteiger partial charge in [0.15, 0.2) is 0 Å². The highest BCUT2D eigenvalue weighted by Crippen LogP contribution is 2.34. The number of hydrogen-bond donors (Lipinski definition) is 1. The number of fused-ring (bicyclic) bond motifs is 1. The lowest BCUT2D eigenvalue weighted by molar-refractivity contribution is -0.121. The number of aromatic nitrogens is 1. The fraction of sp³-hybridized carbons (Fsp3) is 0.192. The number of carbonyl (C=O) groups is 1. The molecule has 1 heterocycles. The van der Waals surface area contributed by atoms with Crippen LogP contribution in [-0.4, -0.2) is 10.5 Å². The second-order valence-electron chi connectivity index (χ2n) is 7.64. The van der Waals surface area contributed by atoms with Crippen molar-refractivity contribution in [3.05, 3.63) is 107 Å². The second kappa shape index (κ2) is 8.36. The number of rotatable bonds is 6. The lowest BCUT2D eigenvalue weighted by Gasteiger charge is -2.18. The molecule has 1 N–H and O–H groups in total. The molecule has 3 nitrogen and oxygen atoms in total. The van der Waals surface area contributed by atoms with Crippen molar-refractivity contribution < 1.29 is 4.79 Å². The Morgan fingerprint density at radius 2 is 1.62 bits per heavy atom. The van der Waals surface area contributed by atoms with Gasteiger partial charge in [-0.25, -0.2) is 0 Å². The van der Waals surface area contributed by atoms with Crippen LogP contribution in [0.4, 0.5) is 0 Å². The van der Waals surface area contributed by atoms with Crippen molar-refractivity contribution in [2.24, 2.45) is 7.05 Å². The van der Waals surface area contributed by atoms with E-state index in [1.807, 2.05) is 30.3 Å². The van der Waals surface area contributed by atoms with Crippen LogP contribution in [0.1, 0.15) is 34.6 Å². The summed E-state index contributed by atoms with van der Waals surface area (Å²) in [6.07, 6.45) is 2.59. The molecule has 3 heteroatoms. The van der Waals surface area contributed by atoms with Crippen molar-refractivity contribution in [1.29, 1.82) is 0 Å². The molecule has 0 aliphatic heterocycles. The number of benzene rings is 3. The molecule has 0 unspecified atom stereocenters. The molecule has 1 atom stereocenters. The Balaban J connectivity index is 1.63. The standard InChI is InChI=1S/C26H26N2O/c1-19-12-14-21(15-13-19)23(16-26(29)27-17-20-8-4-3-5-9-20)24-18-28(2)25-11-7-6-10-22(24)25/h3-15,18,23H,16-17H2,1-2H3,(H,27,29)/t23-/m1/s1. The van der Waals surface area contributed by atoms with E-state index in [1.54, 1.807) is 0 Å². The van der Waals surface area contributed by atoms with E-state index in [-0.39, 0.29) is 11.8 Å². The molecule has 0 saturated carbocycles. The molecule has 4 rings (SSSR count). The van der Waals surface area contributed by atoms with Crippen LogP contribution in [0.15, 0.2) is 85.1 Å². The third-order valence-corrected chi connectivity index (χ3v) is 5.50. The number of nitrogens with one attached hydrogen (secondary N) is 1. The van der Waals surface area contributed by atoms with Gasteiger partial charge in [0.1, 0.15) is 0 Å². The van der Waals surface area contributed by atoms with Crippen LogP contribution >= 0.6 is 0 Å². The average molecular weight is 383 g/mol. The summed E-state index contributed by atoms with van der Waals surface area (Å²) >= 11 is 0. The van der Waals surface area contributed by atoms with Gasteiger partial charge in [-0.3, -0.25) is 4.79 Å². The normalized spacial score (nSPS) is 12.1. The average Bonchev–Trinajstić information content (AvgIpc) is 3.09. The number of para-hydroxylation sites is 1. The monoisotopic (exact) mass is 382 g/mol. The first-order valence-corrected chi connectivity index (χ1v) is 10.0. The van der Waals surface area contributed by atoms with E-state index in [9.17, 15) is 4.79 Å². The SMILES string of the molecule is Cc1ccc([C@@H](CC(=O)NCc2ccccc2)c2cn(C)c3ccccc23)cc1. The van der Waals surface area contributed by atoms with Crippen LogP contribution in [0.5, 0.6) is 0 Å². The molecule has 1 aromatic heterocycles. The predicted octanol–water partition coefficient (Wildman–Crippen LogP) is 5.33. The van der Waals surface area contributed by atoms with E-state index in [4.69, 9.17) is 0 Å². The molecule has 0 bridgehead atoms. The molecule has 1 amide bonds. The summed E-state index contributed by atoms with van der Waals surface area (Å²) in [4.78, 5) is 12.9. The zero-order valence-corrected chi connectivity index (χ0v) is 16.9. The first-order chi connectivity index (χ1) is 14.1. The van der Waals surface area contributed by atoms with Crippen LogP contribution in [0.2, 0.25) is 0 Å². The molecule has 0 spiro atoms. The highest BCUT2D eigenvalue weighted by Gasteiger charge is 2.22. The van der Waals surface area contributed by atoms with Crippen molar-refractivity contribution in [2.75, 3.05) is 0 Å². The Morgan fingerprint density at radius 1 is 0.931 bits per heavy atom. The van der Waals surface area contributed by atoms with Gasteiger partial charge in [0, 0.05) is 43.0 Å². The van der Waals surface area contributed by atoms with Gasteiger partial charge in [-0.15, -0.1) is 0 Å². The summed E-state index contributed by atoms with van der Waals surface area (Å²) in [5, 5.41) is 4.29. The Morgan fingerprint density at radius 3 is 2.38 bits per heavy atom. The molecular weight excluding hydrogens is 356 g/mol. The van der Waals surface area contributed by atoms with E-state index < -0.39 is 0 Å². The fourth-order valence-corrected chi connectivity index (χ4v) is 3.91. The first-order valence-electron chi connectivity index (χ1n) is 10.0. The fourth-order valence-electron chi connectivity index (χ4n) is 3.91. The van der Waals surface area contributed by atoms with E-state index in [0.29, 0.717) is 13.0 Å². The minimum atomic E-state index is 0.0115. The molecule has 0 saturated heterocycles. The Kier molecular flexibility index (Phi) is 5.48. The third-order valence-electron chi connectivity index (χ3n) is 5.50. The molecular formula is C26H26N2O. The smallest absolute Gasteiger partial charge is 0.221 e. The number of amides is 1. The van der Waals surface area contributed by atoms with Gasteiger partial charge in [0.2, 0.25) is 5.91 Å². The molecule has 0 radical (unpaired) electrons. The number of hydrogen-bond acceptors (Lipinski definition) is 1. The van der Waals surface area contributed by atoms with Gasteiger partial charge in [0.25, 0.3) is 0 Å². The van der Waals surface area contributed by atoms with E-state index in [0.717, 1.165) is 5.56 Å². The van der Waals surface area contributed by atoms with Gasteiger partial charge in [-0.2, -0.15) is 0 Å². The Labute approximate surface area is 172 Å². The molecule has 0 aliphatic rings. The first kappa shape index (κ1) is 19.0. The number of aryl methyl sites for hydroxylation is 2. The summed E-state index contributed by atoms with van der Waals surface area (Å²) in [6.45, 7) is 2.64. The van der Waals surface area contributed by atoms with Crippen molar-refractivity contribution in [2.45, 2.75) is 25.8 Å². The highest BCUT2D eigenvalue weighted by atomic mass is 16.1. The maximum atomic E-state index is 12.9. The third kappa shape index (κ3) is 4.24. The van der Waals surface area contributed by atoms with Gasteiger partial charge in [-0.1, -0.05) is 78.4 Å². The lowest BCUT2D eigenvalue weighted by atomic mass is 9.87. The maximum Gasteiger partial charge on any atom is 0.221 e. The van der Waals surface area contributed by atoms with Crippen LogP contribution in [0, 0.1) is 6.92 Å². The topological polar surface area (TPSA) is 34.0 Å². The van der Waals surface area contributed by atoms with Crippen molar-refractivity contribution in [1.82, 2.24) is 9.88 Å². The predicted molar refractivity (Wildman–Crippen MR) is 119 cm³/mol. The Bertz CT molecular complexity index is 1110.